The lowest BCUT2D eigenvalue weighted by molar-refractivity contribution is -0.146. The van der Waals surface area contributed by atoms with Crippen LogP contribution in [0.15, 0.2) is 23.9 Å². The molecule has 0 atom stereocenters. The van der Waals surface area contributed by atoms with Crippen molar-refractivity contribution in [3.8, 4) is 17.2 Å². The lowest BCUT2D eigenvalue weighted by atomic mass is 10.2. The number of carbonyl (C=O) groups excluding carboxylic acids is 2. The van der Waals surface area contributed by atoms with Crippen LogP contribution in [0.2, 0.25) is 0 Å². The van der Waals surface area contributed by atoms with E-state index in [-0.39, 0.29) is 18.8 Å². The normalized spacial score (nSPS) is 9.64. The number of benzene rings is 1. The fourth-order valence-electron chi connectivity index (χ4n) is 1.94. The van der Waals surface area contributed by atoms with E-state index in [1.165, 1.54) is 27.5 Å². The van der Waals surface area contributed by atoms with Gasteiger partial charge in [0.25, 0.3) is 0 Å². The molecule has 8 heteroatoms. The third-order valence-electron chi connectivity index (χ3n) is 3.04. The van der Waals surface area contributed by atoms with Crippen LogP contribution in [0.1, 0.15) is 13.8 Å². The minimum atomic E-state index is -0.777. The Hall–Kier alpha value is -2.90. The molecule has 0 amide bonds. The Morgan fingerprint density at radius 2 is 1.40 bits per heavy atom. The largest absolute Gasteiger partial charge is 0.493 e. The second kappa shape index (κ2) is 10.1. The lowest BCUT2D eigenvalue weighted by Crippen LogP contribution is -2.19. The summed E-state index contributed by atoms with van der Waals surface area (Å²) in [6.45, 7) is 3.57. The number of anilines is 1. The molecule has 138 valence electrons. The van der Waals surface area contributed by atoms with Crippen LogP contribution in [0, 0.1) is 0 Å². The summed E-state index contributed by atoms with van der Waals surface area (Å²) in [4.78, 5) is 23.9. The summed E-state index contributed by atoms with van der Waals surface area (Å²) in [6, 6.07) is 3.26. The molecule has 0 spiro atoms. The number of hydrogen-bond donors (Lipinski definition) is 1. The first kappa shape index (κ1) is 20.1. The number of hydrogen-bond acceptors (Lipinski definition) is 8. The van der Waals surface area contributed by atoms with E-state index in [2.05, 4.69) is 5.32 Å². The standard InChI is InChI=1S/C17H23NO7/c1-6-24-16(19)12(17(20)25-7-2)10-18-11-8-13(21-3)15(23-5)14(9-11)22-4/h8-10,18H,6-7H2,1-5H3. The highest BCUT2D eigenvalue weighted by Crippen LogP contribution is 2.39. The predicted octanol–water partition coefficient (Wildman–Crippen LogP) is 2.13. The minimum Gasteiger partial charge on any atom is -0.493 e. The zero-order valence-corrected chi connectivity index (χ0v) is 15.0. The van der Waals surface area contributed by atoms with Crippen molar-refractivity contribution in [1.82, 2.24) is 0 Å². The average molecular weight is 353 g/mol. The molecule has 0 heterocycles. The van der Waals surface area contributed by atoms with E-state index in [1.807, 2.05) is 0 Å². The molecule has 0 unspecified atom stereocenters. The molecule has 0 aliphatic carbocycles. The fraction of sp³-hybridized carbons (Fsp3) is 0.412. The lowest BCUT2D eigenvalue weighted by Gasteiger charge is -2.14. The smallest absolute Gasteiger partial charge is 0.347 e. The summed E-state index contributed by atoms with van der Waals surface area (Å²) >= 11 is 0. The molecule has 1 aromatic rings. The van der Waals surface area contributed by atoms with Gasteiger partial charge in [0.1, 0.15) is 0 Å². The first-order valence-electron chi connectivity index (χ1n) is 7.63. The highest BCUT2D eigenvalue weighted by atomic mass is 16.6. The molecule has 0 radical (unpaired) electrons. The second-order valence-electron chi connectivity index (χ2n) is 4.56. The molecule has 0 aromatic heterocycles. The van der Waals surface area contributed by atoms with Crippen LogP contribution in [0.5, 0.6) is 17.2 Å². The van der Waals surface area contributed by atoms with E-state index >= 15 is 0 Å². The van der Waals surface area contributed by atoms with Crippen molar-refractivity contribution in [2.45, 2.75) is 13.8 Å². The molecule has 0 aliphatic rings. The molecule has 0 bridgehead atoms. The van der Waals surface area contributed by atoms with Crippen molar-refractivity contribution < 1.29 is 33.3 Å². The van der Waals surface area contributed by atoms with E-state index in [9.17, 15) is 9.59 Å². The first-order valence-corrected chi connectivity index (χ1v) is 7.63. The second-order valence-corrected chi connectivity index (χ2v) is 4.56. The maximum Gasteiger partial charge on any atom is 0.347 e. The van der Waals surface area contributed by atoms with E-state index in [4.69, 9.17) is 23.7 Å². The van der Waals surface area contributed by atoms with Crippen LogP contribution in [0.3, 0.4) is 0 Å². The van der Waals surface area contributed by atoms with Gasteiger partial charge in [-0.3, -0.25) is 0 Å². The number of esters is 2. The van der Waals surface area contributed by atoms with Crippen molar-refractivity contribution in [3.05, 3.63) is 23.9 Å². The van der Waals surface area contributed by atoms with Crippen molar-refractivity contribution in [1.29, 1.82) is 0 Å². The highest BCUT2D eigenvalue weighted by molar-refractivity contribution is 6.14. The quantitative estimate of drug-likeness (QED) is 0.312. The Balaban J connectivity index is 3.17. The minimum absolute atomic E-state index is 0.139. The molecule has 0 fully saturated rings. The molecule has 0 saturated carbocycles. The van der Waals surface area contributed by atoms with Gasteiger partial charge in [-0.1, -0.05) is 0 Å². The van der Waals surface area contributed by atoms with Gasteiger partial charge in [0.15, 0.2) is 17.1 Å². The first-order chi connectivity index (χ1) is 12.0. The van der Waals surface area contributed by atoms with Crippen molar-refractivity contribution >= 4 is 17.6 Å². The van der Waals surface area contributed by atoms with Gasteiger partial charge < -0.3 is 29.0 Å². The summed E-state index contributed by atoms with van der Waals surface area (Å²) in [5, 5.41) is 2.84. The fourth-order valence-corrected chi connectivity index (χ4v) is 1.94. The van der Waals surface area contributed by atoms with Gasteiger partial charge in [-0.05, 0) is 13.8 Å². The monoisotopic (exact) mass is 353 g/mol. The van der Waals surface area contributed by atoms with Gasteiger partial charge in [-0.2, -0.15) is 0 Å². The summed E-state index contributed by atoms with van der Waals surface area (Å²) in [7, 11) is 4.46. The van der Waals surface area contributed by atoms with Crippen LogP contribution < -0.4 is 19.5 Å². The summed E-state index contributed by atoms with van der Waals surface area (Å²) in [5.41, 5.74) is 0.262. The molecule has 25 heavy (non-hydrogen) atoms. The molecule has 1 rings (SSSR count). The maximum absolute atomic E-state index is 11.9. The Morgan fingerprint density at radius 1 is 0.920 bits per heavy atom. The number of ether oxygens (including phenoxy) is 5. The van der Waals surface area contributed by atoms with Gasteiger partial charge in [0.05, 0.1) is 34.5 Å². The van der Waals surface area contributed by atoms with E-state index in [0.29, 0.717) is 22.9 Å². The predicted molar refractivity (Wildman–Crippen MR) is 91.1 cm³/mol. The van der Waals surface area contributed by atoms with Crippen molar-refractivity contribution in [2.24, 2.45) is 0 Å². The molecule has 8 nitrogen and oxygen atoms in total. The summed E-state index contributed by atoms with van der Waals surface area (Å²) in [5.74, 6) is -0.282. The van der Waals surface area contributed by atoms with Crippen LogP contribution in [-0.4, -0.2) is 46.5 Å². The van der Waals surface area contributed by atoms with Crippen molar-refractivity contribution in [3.63, 3.8) is 0 Å². The Kier molecular flexibility index (Phi) is 8.11. The average Bonchev–Trinajstić information content (AvgIpc) is 2.61. The van der Waals surface area contributed by atoms with Crippen LogP contribution in [0.4, 0.5) is 5.69 Å². The van der Waals surface area contributed by atoms with E-state index in [0.717, 1.165) is 0 Å². The van der Waals surface area contributed by atoms with Gasteiger partial charge in [-0.15, -0.1) is 0 Å². The molecular weight excluding hydrogens is 330 g/mol. The SMILES string of the molecule is CCOC(=O)C(=CNc1cc(OC)c(OC)c(OC)c1)C(=O)OCC. The van der Waals surface area contributed by atoms with Crippen molar-refractivity contribution in [2.75, 3.05) is 39.9 Å². The van der Waals surface area contributed by atoms with E-state index in [1.54, 1.807) is 26.0 Å². The molecule has 0 aliphatic heterocycles. The number of carbonyl (C=O) groups is 2. The molecule has 1 aromatic carbocycles. The summed E-state index contributed by atoms with van der Waals surface area (Å²) in [6.07, 6.45) is 1.22. The summed E-state index contributed by atoms with van der Waals surface area (Å²) < 4.78 is 25.5. The molecule has 1 N–H and O–H groups in total. The Labute approximate surface area is 146 Å². The van der Waals surface area contributed by atoms with Gasteiger partial charge in [-0.25, -0.2) is 9.59 Å². The zero-order chi connectivity index (χ0) is 18.8. The number of rotatable bonds is 9. The molecular formula is C17H23NO7. The van der Waals surface area contributed by atoms with E-state index < -0.39 is 11.9 Å². The Bertz CT molecular complexity index is 595. The topological polar surface area (TPSA) is 92.3 Å². The van der Waals surface area contributed by atoms with Gasteiger partial charge >= 0.3 is 11.9 Å². The van der Waals surface area contributed by atoms with Gasteiger partial charge in [0.2, 0.25) is 5.75 Å². The molecule has 0 saturated heterocycles. The van der Waals surface area contributed by atoms with Gasteiger partial charge in [0, 0.05) is 24.0 Å². The van der Waals surface area contributed by atoms with Crippen LogP contribution >= 0.6 is 0 Å². The van der Waals surface area contributed by atoms with Crippen LogP contribution in [0.25, 0.3) is 0 Å². The van der Waals surface area contributed by atoms with Crippen LogP contribution in [-0.2, 0) is 19.1 Å². The maximum atomic E-state index is 11.9. The number of methoxy groups -OCH3 is 3. The Morgan fingerprint density at radius 3 is 1.76 bits per heavy atom. The third kappa shape index (κ3) is 5.30. The highest BCUT2D eigenvalue weighted by Gasteiger charge is 2.21. The number of nitrogens with one attached hydrogen (secondary N) is 1. The zero-order valence-electron chi connectivity index (χ0n) is 15.0. The third-order valence-corrected chi connectivity index (χ3v) is 3.04.